The highest BCUT2D eigenvalue weighted by Gasteiger charge is 2.10. The van der Waals surface area contributed by atoms with E-state index in [-0.39, 0.29) is 18.3 Å². The van der Waals surface area contributed by atoms with Gasteiger partial charge in [-0.25, -0.2) is 4.39 Å². The van der Waals surface area contributed by atoms with Crippen molar-refractivity contribution in [3.05, 3.63) is 95.3 Å². The molecule has 0 saturated heterocycles. The molecule has 0 atom stereocenters. The molecule has 0 bridgehead atoms. The van der Waals surface area contributed by atoms with Crippen molar-refractivity contribution in [3.63, 3.8) is 0 Å². The summed E-state index contributed by atoms with van der Waals surface area (Å²) in [5.41, 5.74) is 1.87. The van der Waals surface area contributed by atoms with Crippen LogP contribution in [-0.2, 0) is 11.2 Å². The molecule has 30 heavy (non-hydrogen) atoms. The maximum absolute atomic E-state index is 13.0. The molecular formula is C24H22FNO4. The molecule has 6 heteroatoms. The second-order valence-electron chi connectivity index (χ2n) is 6.56. The monoisotopic (exact) mass is 407 g/mol. The number of amides is 1. The highest BCUT2D eigenvalue weighted by atomic mass is 19.1. The molecule has 0 saturated carbocycles. The zero-order valence-electron chi connectivity index (χ0n) is 16.6. The Morgan fingerprint density at radius 2 is 1.53 bits per heavy atom. The lowest BCUT2D eigenvalue weighted by atomic mass is 10.0. The Morgan fingerprint density at radius 1 is 0.900 bits per heavy atom. The number of ether oxygens (including phenoxy) is 2. The third-order valence-corrected chi connectivity index (χ3v) is 4.50. The number of para-hydroxylation sites is 1. The number of nitrogens with one attached hydrogen (secondary N) is 1. The van der Waals surface area contributed by atoms with E-state index < -0.39 is 5.82 Å². The van der Waals surface area contributed by atoms with E-state index in [2.05, 4.69) is 5.32 Å². The van der Waals surface area contributed by atoms with Crippen molar-refractivity contribution in [2.24, 2.45) is 0 Å². The van der Waals surface area contributed by atoms with Crippen LogP contribution in [0.25, 0.3) is 0 Å². The predicted molar refractivity (Wildman–Crippen MR) is 111 cm³/mol. The van der Waals surface area contributed by atoms with E-state index in [1.54, 1.807) is 31.4 Å². The molecular weight excluding hydrogens is 385 g/mol. The van der Waals surface area contributed by atoms with Gasteiger partial charge in [0.15, 0.2) is 12.4 Å². The Balaban J connectivity index is 1.46. The minimum Gasteiger partial charge on any atom is -0.496 e. The summed E-state index contributed by atoms with van der Waals surface area (Å²) in [5, 5.41) is 2.80. The molecule has 3 aromatic rings. The number of hydrogen-bond acceptors (Lipinski definition) is 4. The Labute approximate surface area is 174 Å². The number of rotatable bonds is 9. The van der Waals surface area contributed by atoms with Gasteiger partial charge in [0.1, 0.15) is 17.3 Å². The van der Waals surface area contributed by atoms with Crippen molar-refractivity contribution in [3.8, 4) is 11.5 Å². The summed E-state index contributed by atoms with van der Waals surface area (Å²) in [6.07, 6.45) is 0.649. The molecule has 154 valence electrons. The number of benzene rings is 3. The molecule has 3 aromatic carbocycles. The van der Waals surface area contributed by atoms with Crippen molar-refractivity contribution >= 4 is 11.7 Å². The van der Waals surface area contributed by atoms with E-state index in [0.29, 0.717) is 29.8 Å². The third kappa shape index (κ3) is 5.67. The maximum Gasteiger partial charge on any atom is 0.257 e. The normalized spacial score (nSPS) is 10.3. The second-order valence-corrected chi connectivity index (χ2v) is 6.56. The third-order valence-electron chi connectivity index (χ3n) is 4.50. The zero-order valence-corrected chi connectivity index (χ0v) is 16.6. The van der Waals surface area contributed by atoms with Gasteiger partial charge in [0.05, 0.1) is 7.11 Å². The van der Waals surface area contributed by atoms with Crippen LogP contribution in [-0.4, -0.2) is 32.0 Å². The summed E-state index contributed by atoms with van der Waals surface area (Å²) in [4.78, 5) is 24.4. The highest BCUT2D eigenvalue weighted by molar-refractivity contribution is 6.09. The smallest absolute Gasteiger partial charge is 0.257 e. The molecule has 0 fully saturated rings. The van der Waals surface area contributed by atoms with E-state index in [1.807, 2.05) is 24.3 Å². The first kappa shape index (κ1) is 21.0. The van der Waals surface area contributed by atoms with Crippen molar-refractivity contribution in [2.75, 3.05) is 20.3 Å². The fourth-order valence-electron chi connectivity index (χ4n) is 2.92. The van der Waals surface area contributed by atoms with Gasteiger partial charge in [-0.3, -0.25) is 9.59 Å². The van der Waals surface area contributed by atoms with E-state index in [4.69, 9.17) is 9.47 Å². The standard InChI is InChI=1S/C24H22FNO4/c1-29-22-5-3-2-4-17(22)14-15-26-23(27)16-30-21-12-8-19(9-13-21)24(28)18-6-10-20(25)11-7-18/h2-13H,14-16H2,1H3,(H,26,27). The van der Waals surface area contributed by atoms with Gasteiger partial charge >= 0.3 is 0 Å². The van der Waals surface area contributed by atoms with E-state index >= 15 is 0 Å². The molecule has 0 heterocycles. The summed E-state index contributed by atoms with van der Waals surface area (Å²) < 4.78 is 23.8. The van der Waals surface area contributed by atoms with E-state index in [9.17, 15) is 14.0 Å². The Morgan fingerprint density at radius 3 is 2.20 bits per heavy atom. The number of methoxy groups -OCH3 is 1. The van der Waals surface area contributed by atoms with Crippen molar-refractivity contribution in [2.45, 2.75) is 6.42 Å². The number of halogens is 1. The lowest BCUT2D eigenvalue weighted by Gasteiger charge is -2.10. The molecule has 0 aliphatic heterocycles. The van der Waals surface area contributed by atoms with Crippen molar-refractivity contribution in [1.29, 1.82) is 0 Å². The first-order valence-electron chi connectivity index (χ1n) is 9.48. The fourth-order valence-corrected chi connectivity index (χ4v) is 2.92. The summed E-state index contributed by atoms with van der Waals surface area (Å²) >= 11 is 0. The topological polar surface area (TPSA) is 64.6 Å². The van der Waals surface area contributed by atoms with Crippen LogP contribution in [0.4, 0.5) is 4.39 Å². The average Bonchev–Trinajstić information content (AvgIpc) is 2.78. The quantitative estimate of drug-likeness (QED) is 0.548. The molecule has 0 aliphatic carbocycles. The Bertz CT molecular complexity index is 1000. The van der Waals surface area contributed by atoms with Crippen LogP contribution in [0.5, 0.6) is 11.5 Å². The number of carbonyl (C=O) groups is 2. The largest absolute Gasteiger partial charge is 0.496 e. The van der Waals surface area contributed by atoms with Gasteiger partial charge < -0.3 is 14.8 Å². The summed E-state index contributed by atoms with van der Waals surface area (Å²) in [7, 11) is 1.61. The Hall–Kier alpha value is -3.67. The summed E-state index contributed by atoms with van der Waals surface area (Å²) in [6, 6.07) is 19.5. The summed E-state index contributed by atoms with van der Waals surface area (Å²) in [6.45, 7) is 0.338. The van der Waals surface area contributed by atoms with Gasteiger partial charge in [-0.1, -0.05) is 18.2 Å². The lowest BCUT2D eigenvalue weighted by molar-refractivity contribution is -0.123. The highest BCUT2D eigenvalue weighted by Crippen LogP contribution is 2.18. The van der Waals surface area contributed by atoms with Crippen LogP contribution in [0.3, 0.4) is 0 Å². The molecule has 1 N–H and O–H groups in total. The molecule has 3 rings (SSSR count). The minimum absolute atomic E-state index is 0.128. The van der Waals surface area contributed by atoms with Gasteiger partial charge in [-0.05, 0) is 66.6 Å². The Kier molecular flexibility index (Phi) is 7.16. The van der Waals surface area contributed by atoms with Crippen LogP contribution in [0.15, 0.2) is 72.8 Å². The van der Waals surface area contributed by atoms with Crippen molar-refractivity contribution in [1.82, 2.24) is 5.32 Å². The average molecular weight is 407 g/mol. The van der Waals surface area contributed by atoms with Crippen LogP contribution >= 0.6 is 0 Å². The summed E-state index contributed by atoms with van der Waals surface area (Å²) in [5.74, 6) is 0.423. The van der Waals surface area contributed by atoms with Crippen LogP contribution in [0, 0.1) is 5.82 Å². The molecule has 1 amide bonds. The molecule has 5 nitrogen and oxygen atoms in total. The van der Waals surface area contributed by atoms with Gasteiger partial charge in [0.25, 0.3) is 5.91 Å². The number of carbonyl (C=O) groups excluding carboxylic acids is 2. The second kappa shape index (κ2) is 10.2. The lowest BCUT2D eigenvalue weighted by Crippen LogP contribution is -2.30. The number of ketones is 1. The number of hydrogen-bond donors (Lipinski definition) is 1. The van der Waals surface area contributed by atoms with Gasteiger partial charge in [0.2, 0.25) is 0 Å². The van der Waals surface area contributed by atoms with Gasteiger partial charge in [0, 0.05) is 17.7 Å². The van der Waals surface area contributed by atoms with Crippen molar-refractivity contribution < 1.29 is 23.5 Å². The maximum atomic E-state index is 13.0. The van der Waals surface area contributed by atoms with Gasteiger partial charge in [-0.15, -0.1) is 0 Å². The minimum atomic E-state index is -0.392. The predicted octanol–water partition coefficient (Wildman–Crippen LogP) is 3.80. The molecule has 0 unspecified atom stereocenters. The fraction of sp³-hybridized carbons (Fsp3) is 0.167. The van der Waals surface area contributed by atoms with E-state index in [1.165, 1.54) is 24.3 Å². The van der Waals surface area contributed by atoms with Crippen LogP contribution in [0.2, 0.25) is 0 Å². The van der Waals surface area contributed by atoms with E-state index in [0.717, 1.165) is 11.3 Å². The SMILES string of the molecule is COc1ccccc1CCNC(=O)COc1ccc(C(=O)c2ccc(F)cc2)cc1. The first-order valence-corrected chi connectivity index (χ1v) is 9.48. The van der Waals surface area contributed by atoms with Gasteiger partial charge in [-0.2, -0.15) is 0 Å². The zero-order chi connectivity index (χ0) is 21.3. The molecule has 0 spiro atoms. The van der Waals surface area contributed by atoms with Crippen LogP contribution < -0.4 is 14.8 Å². The van der Waals surface area contributed by atoms with Crippen LogP contribution in [0.1, 0.15) is 21.5 Å². The first-order chi connectivity index (χ1) is 14.6. The molecule has 0 aliphatic rings. The molecule has 0 aromatic heterocycles. The molecule has 0 radical (unpaired) electrons.